The lowest BCUT2D eigenvalue weighted by Gasteiger charge is -2.11. The maximum atomic E-state index is 10.7. The lowest BCUT2D eigenvalue weighted by molar-refractivity contribution is -0.137. The summed E-state index contributed by atoms with van der Waals surface area (Å²) >= 11 is 0. The van der Waals surface area contributed by atoms with Gasteiger partial charge < -0.3 is 5.11 Å². The van der Waals surface area contributed by atoms with E-state index in [0.29, 0.717) is 11.7 Å². The Morgan fingerprint density at radius 2 is 2.00 bits per heavy atom. The first kappa shape index (κ1) is 13.6. The Balaban J connectivity index is 2.92. The van der Waals surface area contributed by atoms with Crippen molar-refractivity contribution in [3.05, 3.63) is 23.3 Å². The predicted octanol–water partition coefficient (Wildman–Crippen LogP) is 2.56. The minimum absolute atomic E-state index is 0.0740. The quantitative estimate of drug-likeness (QED) is 0.853. The minimum atomic E-state index is -0.812. The third-order valence-corrected chi connectivity index (χ3v) is 2.46. The molecular formula is C13H20N2O2. The number of hydrogen-bond acceptors (Lipinski definition) is 3. The Morgan fingerprint density at radius 1 is 1.35 bits per heavy atom. The molecule has 1 atom stereocenters. The standard InChI is InChI=1S/C13H20N2O2/c1-8(2)5-11-7-10(4)14-13(15-11)9(3)6-12(16)17/h7-9H,5-6H2,1-4H3,(H,16,17). The van der Waals surface area contributed by atoms with Gasteiger partial charge in [0.05, 0.1) is 6.42 Å². The zero-order valence-corrected chi connectivity index (χ0v) is 10.9. The van der Waals surface area contributed by atoms with Crippen LogP contribution in [0.4, 0.5) is 0 Å². The van der Waals surface area contributed by atoms with Crippen LogP contribution >= 0.6 is 0 Å². The highest BCUT2D eigenvalue weighted by molar-refractivity contribution is 5.67. The molecule has 0 saturated carbocycles. The second-order valence-electron chi connectivity index (χ2n) is 4.96. The average molecular weight is 236 g/mol. The molecule has 1 N–H and O–H groups in total. The van der Waals surface area contributed by atoms with E-state index in [1.807, 2.05) is 19.9 Å². The summed E-state index contributed by atoms with van der Waals surface area (Å²) in [7, 11) is 0. The van der Waals surface area contributed by atoms with Gasteiger partial charge in [-0.15, -0.1) is 0 Å². The van der Waals surface area contributed by atoms with E-state index in [4.69, 9.17) is 5.11 Å². The summed E-state index contributed by atoms with van der Waals surface area (Å²) < 4.78 is 0. The second-order valence-corrected chi connectivity index (χ2v) is 4.96. The molecule has 17 heavy (non-hydrogen) atoms. The Bertz CT molecular complexity index is 402. The van der Waals surface area contributed by atoms with Crippen LogP contribution in [0.2, 0.25) is 0 Å². The van der Waals surface area contributed by atoms with Crippen LogP contribution in [0.15, 0.2) is 6.07 Å². The van der Waals surface area contributed by atoms with Crippen LogP contribution in [0.3, 0.4) is 0 Å². The van der Waals surface area contributed by atoms with Gasteiger partial charge in [-0.1, -0.05) is 20.8 Å². The molecule has 1 unspecified atom stereocenters. The number of rotatable bonds is 5. The van der Waals surface area contributed by atoms with Crippen molar-refractivity contribution in [2.75, 3.05) is 0 Å². The van der Waals surface area contributed by atoms with Crippen molar-refractivity contribution < 1.29 is 9.90 Å². The molecule has 1 aromatic heterocycles. The van der Waals surface area contributed by atoms with Crippen LogP contribution in [0.5, 0.6) is 0 Å². The molecule has 0 aromatic carbocycles. The Morgan fingerprint density at radius 3 is 2.53 bits per heavy atom. The second kappa shape index (κ2) is 5.75. The molecule has 0 spiro atoms. The van der Waals surface area contributed by atoms with E-state index in [1.54, 1.807) is 0 Å². The van der Waals surface area contributed by atoms with Crippen LogP contribution < -0.4 is 0 Å². The Kier molecular flexibility index (Phi) is 4.61. The van der Waals surface area contributed by atoms with Crippen molar-refractivity contribution in [2.24, 2.45) is 5.92 Å². The first-order chi connectivity index (χ1) is 7.88. The van der Waals surface area contributed by atoms with Gasteiger partial charge in [0.1, 0.15) is 5.82 Å². The van der Waals surface area contributed by atoms with Gasteiger partial charge >= 0.3 is 5.97 Å². The first-order valence-electron chi connectivity index (χ1n) is 5.94. The predicted molar refractivity (Wildman–Crippen MR) is 66.0 cm³/mol. The van der Waals surface area contributed by atoms with Crippen LogP contribution in [-0.2, 0) is 11.2 Å². The lowest BCUT2D eigenvalue weighted by Crippen LogP contribution is -2.10. The van der Waals surface area contributed by atoms with Gasteiger partial charge in [0.25, 0.3) is 0 Å². The number of aliphatic carboxylic acids is 1. The zero-order valence-electron chi connectivity index (χ0n) is 10.9. The molecule has 0 fully saturated rings. The summed E-state index contributed by atoms with van der Waals surface area (Å²) in [4.78, 5) is 19.4. The molecule has 4 nitrogen and oxygen atoms in total. The SMILES string of the molecule is Cc1cc(CC(C)C)nc(C(C)CC(=O)O)n1. The highest BCUT2D eigenvalue weighted by atomic mass is 16.4. The first-order valence-corrected chi connectivity index (χ1v) is 5.94. The molecule has 0 radical (unpaired) electrons. The lowest BCUT2D eigenvalue weighted by atomic mass is 10.0. The van der Waals surface area contributed by atoms with Gasteiger partial charge in [-0.05, 0) is 25.3 Å². The molecule has 4 heteroatoms. The van der Waals surface area contributed by atoms with E-state index < -0.39 is 5.97 Å². The fourth-order valence-electron chi connectivity index (χ4n) is 1.75. The van der Waals surface area contributed by atoms with E-state index in [0.717, 1.165) is 17.8 Å². The summed E-state index contributed by atoms with van der Waals surface area (Å²) in [5.41, 5.74) is 1.91. The van der Waals surface area contributed by atoms with E-state index in [-0.39, 0.29) is 12.3 Å². The van der Waals surface area contributed by atoms with Crippen molar-refractivity contribution in [3.8, 4) is 0 Å². The van der Waals surface area contributed by atoms with Crippen molar-refractivity contribution >= 4 is 5.97 Å². The molecule has 0 amide bonds. The van der Waals surface area contributed by atoms with Crippen molar-refractivity contribution in [1.29, 1.82) is 0 Å². The Hall–Kier alpha value is -1.45. The molecule has 94 valence electrons. The van der Waals surface area contributed by atoms with Crippen molar-refractivity contribution in [1.82, 2.24) is 9.97 Å². The fourth-order valence-corrected chi connectivity index (χ4v) is 1.75. The number of aryl methyl sites for hydroxylation is 1. The molecule has 1 aromatic rings. The normalized spacial score (nSPS) is 12.8. The van der Waals surface area contributed by atoms with Gasteiger partial charge in [0.2, 0.25) is 0 Å². The molecule has 0 saturated heterocycles. The van der Waals surface area contributed by atoms with Crippen LogP contribution in [-0.4, -0.2) is 21.0 Å². The molecule has 1 rings (SSSR count). The van der Waals surface area contributed by atoms with Gasteiger partial charge in [-0.25, -0.2) is 9.97 Å². The summed E-state index contributed by atoms with van der Waals surface area (Å²) in [6.07, 6.45) is 0.973. The summed E-state index contributed by atoms with van der Waals surface area (Å²) in [5, 5.41) is 8.77. The third-order valence-electron chi connectivity index (χ3n) is 2.46. The number of hydrogen-bond donors (Lipinski definition) is 1. The number of carboxylic acids is 1. The average Bonchev–Trinajstić information content (AvgIpc) is 2.14. The molecule has 0 aliphatic heterocycles. The van der Waals surface area contributed by atoms with Gasteiger partial charge in [-0.3, -0.25) is 4.79 Å². The van der Waals surface area contributed by atoms with Crippen LogP contribution in [0, 0.1) is 12.8 Å². The number of aromatic nitrogens is 2. The highest BCUT2D eigenvalue weighted by Gasteiger charge is 2.14. The van der Waals surface area contributed by atoms with Crippen molar-refractivity contribution in [3.63, 3.8) is 0 Å². The molecule has 0 aliphatic carbocycles. The fraction of sp³-hybridized carbons (Fsp3) is 0.615. The van der Waals surface area contributed by atoms with E-state index in [9.17, 15) is 4.79 Å². The Labute approximate surface area is 102 Å². The maximum Gasteiger partial charge on any atom is 0.304 e. The zero-order chi connectivity index (χ0) is 13.0. The van der Waals surface area contributed by atoms with Gasteiger partial charge in [0, 0.05) is 17.3 Å². The topological polar surface area (TPSA) is 63.1 Å². The smallest absolute Gasteiger partial charge is 0.304 e. The van der Waals surface area contributed by atoms with Crippen LogP contribution in [0.1, 0.15) is 50.3 Å². The van der Waals surface area contributed by atoms with Crippen molar-refractivity contribution in [2.45, 2.75) is 46.5 Å². The summed E-state index contributed by atoms with van der Waals surface area (Å²) in [5.74, 6) is 0.223. The monoisotopic (exact) mass is 236 g/mol. The maximum absolute atomic E-state index is 10.7. The summed E-state index contributed by atoms with van der Waals surface area (Å²) in [6, 6.07) is 1.97. The third kappa shape index (κ3) is 4.51. The number of nitrogens with zero attached hydrogens (tertiary/aromatic N) is 2. The number of carbonyl (C=O) groups is 1. The van der Waals surface area contributed by atoms with Gasteiger partial charge in [0.15, 0.2) is 0 Å². The molecule has 0 bridgehead atoms. The molecular weight excluding hydrogens is 216 g/mol. The van der Waals surface area contributed by atoms with E-state index in [2.05, 4.69) is 23.8 Å². The van der Waals surface area contributed by atoms with Crippen LogP contribution in [0.25, 0.3) is 0 Å². The van der Waals surface area contributed by atoms with E-state index >= 15 is 0 Å². The minimum Gasteiger partial charge on any atom is -0.481 e. The largest absolute Gasteiger partial charge is 0.481 e. The highest BCUT2D eigenvalue weighted by Crippen LogP contribution is 2.17. The molecule has 1 heterocycles. The number of carboxylic acid groups (broad SMARTS) is 1. The van der Waals surface area contributed by atoms with Gasteiger partial charge in [-0.2, -0.15) is 0 Å². The summed E-state index contributed by atoms with van der Waals surface area (Å²) in [6.45, 7) is 8.04. The molecule has 0 aliphatic rings. The van der Waals surface area contributed by atoms with E-state index in [1.165, 1.54) is 0 Å².